The lowest BCUT2D eigenvalue weighted by molar-refractivity contribution is 0.226. The molecule has 0 aliphatic rings. The van der Waals surface area contributed by atoms with Gasteiger partial charge < -0.3 is 4.74 Å². The van der Waals surface area contributed by atoms with Crippen molar-refractivity contribution in [1.29, 1.82) is 0 Å². The van der Waals surface area contributed by atoms with Gasteiger partial charge in [-0.1, -0.05) is 6.58 Å². The van der Waals surface area contributed by atoms with Crippen molar-refractivity contribution in [1.82, 2.24) is 0 Å². The number of rotatable bonds is 3. The zero-order chi connectivity index (χ0) is 5.70. The van der Waals surface area contributed by atoms with Gasteiger partial charge in [-0.25, -0.2) is 0 Å². The third kappa shape index (κ3) is 3.89. The number of methoxy groups -OCH3 is 1. The van der Waals surface area contributed by atoms with Gasteiger partial charge in [0.25, 0.3) is 0 Å². The minimum atomic E-state index is 0.628. The summed E-state index contributed by atoms with van der Waals surface area (Å²) >= 11 is 3.97. The lowest BCUT2D eigenvalue weighted by Crippen LogP contribution is -1.92. The van der Waals surface area contributed by atoms with Gasteiger partial charge in [0.2, 0.25) is 0 Å². The summed E-state index contributed by atoms with van der Waals surface area (Å²) < 4.78 is 4.75. The van der Waals surface area contributed by atoms with Crippen LogP contribution in [0.3, 0.4) is 0 Å². The minimum absolute atomic E-state index is 0.628. The lowest BCUT2D eigenvalue weighted by Gasteiger charge is -1.95. The van der Waals surface area contributed by atoms with Gasteiger partial charge in [0.1, 0.15) is 0 Å². The summed E-state index contributed by atoms with van der Waals surface area (Å²) in [6.07, 6.45) is 0. The van der Waals surface area contributed by atoms with Gasteiger partial charge in [-0.3, -0.25) is 0 Å². The van der Waals surface area contributed by atoms with Gasteiger partial charge >= 0.3 is 0 Å². The smallest absolute Gasteiger partial charge is 0.0678 e. The van der Waals surface area contributed by atoms with Gasteiger partial charge in [0, 0.05) is 12.9 Å². The molecule has 0 aliphatic heterocycles. The van der Waals surface area contributed by atoms with Gasteiger partial charge in [-0.15, -0.1) is 0 Å². The van der Waals surface area contributed by atoms with E-state index in [0.717, 1.165) is 5.57 Å². The van der Waals surface area contributed by atoms with E-state index in [9.17, 15) is 0 Å². The maximum atomic E-state index is 4.75. The van der Waals surface area contributed by atoms with Crippen LogP contribution in [-0.4, -0.2) is 19.5 Å². The second-order valence-electron chi connectivity index (χ2n) is 1.34. The largest absolute Gasteiger partial charge is 0.380 e. The van der Waals surface area contributed by atoms with Crippen molar-refractivity contribution in [2.24, 2.45) is 0 Å². The second-order valence-corrected chi connectivity index (χ2v) is 1.66. The average Bonchev–Trinajstić information content (AvgIpc) is 1.68. The number of thiol groups is 1. The first-order chi connectivity index (χ1) is 3.31. The second kappa shape index (κ2) is 4.22. The molecule has 0 fully saturated rings. The highest BCUT2D eigenvalue weighted by Crippen LogP contribution is 1.91. The third-order valence-corrected chi connectivity index (χ3v) is 1.02. The first-order valence-electron chi connectivity index (χ1n) is 2.07. The Hall–Kier alpha value is 0.0500. The molecule has 1 nitrogen and oxygen atoms in total. The van der Waals surface area contributed by atoms with E-state index >= 15 is 0 Å². The maximum absolute atomic E-state index is 4.75. The van der Waals surface area contributed by atoms with Gasteiger partial charge in [0.05, 0.1) is 6.61 Å². The number of hydrogen-bond acceptors (Lipinski definition) is 2. The molecule has 0 amide bonds. The summed E-state index contributed by atoms with van der Waals surface area (Å²) in [5, 5.41) is 0. The molecule has 0 aliphatic carbocycles. The Bertz CT molecular complexity index is 61.1. The first kappa shape index (κ1) is 7.05. The van der Waals surface area contributed by atoms with Crippen LogP contribution in [0.2, 0.25) is 0 Å². The highest BCUT2D eigenvalue weighted by atomic mass is 32.1. The van der Waals surface area contributed by atoms with Crippen molar-refractivity contribution in [2.75, 3.05) is 19.5 Å². The zero-order valence-corrected chi connectivity index (χ0v) is 5.37. The van der Waals surface area contributed by atoms with Crippen molar-refractivity contribution in [3.63, 3.8) is 0 Å². The van der Waals surface area contributed by atoms with E-state index < -0.39 is 0 Å². The fraction of sp³-hybridized carbons (Fsp3) is 0.600. The molecular formula is C5H10OS. The van der Waals surface area contributed by atoms with E-state index in [-0.39, 0.29) is 0 Å². The van der Waals surface area contributed by atoms with E-state index in [1.54, 1.807) is 7.11 Å². The summed E-state index contributed by atoms with van der Waals surface area (Å²) in [6.45, 7) is 4.29. The number of hydrogen-bond donors (Lipinski definition) is 1. The van der Waals surface area contributed by atoms with E-state index in [2.05, 4.69) is 19.2 Å². The van der Waals surface area contributed by atoms with Crippen molar-refractivity contribution >= 4 is 12.6 Å². The Morgan fingerprint density at radius 1 is 1.86 bits per heavy atom. The summed E-state index contributed by atoms with van der Waals surface area (Å²) in [6, 6.07) is 0. The molecule has 7 heavy (non-hydrogen) atoms. The van der Waals surface area contributed by atoms with Crippen LogP contribution in [0.4, 0.5) is 0 Å². The monoisotopic (exact) mass is 118 g/mol. The average molecular weight is 118 g/mol. The summed E-state index contributed by atoms with van der Waals surface area (Å²) in [5.41, 5.74) is 1.02. The quantitative estimate of drug-likeness (QED) is 0.431. The molecule has 0 aromatic rings. The fourth-order valence-electron chi connectivity index (χ4n) is 0.250. The van der Waals surface area contributed by atoms with Crippen LogP contribution in [0.1, 0.15) is 0 Å². The van der Waals surface area contributed by atoms with Gasteiger partial charge in [0.15, 0.2) is 0 Å². The van der Waals surface area contributed by atoms with Crippen molar-refractivity contribution in [2.45, 2.75) is 0 Å². The van der Waals surface area contributed by atoms with Crippen LogP contribution >= 0.6 is 12.6 Å². The molecule has 0 saturated carbocycles. The summed E-state index contributed by atoms with van der Waals surface area (Å²) in [4.78, 5) is 0. The SMILES string of the molecule is C=C(CS)COC. The van der Waals surface area contributed by atoms with Crippen molar-refractivity contribution < 1.29 is 4.74 Å². The third-order valence-electron chi connectivity index (χ3n) is 0.572. The van der Waals surface area contributed by atoms with E-state index in [1.807, 2.05) is 0 Å². The molecule has 0 spiro atoms. The van der Waals surface area contributed by atoms with Crippen molar-refractivity contribution in [3.05, 3.63) is 12.2 Å². The molecule has 42 valence electrons. The van der Waals surface area contributed by atoms with Gasteiger partial charge in [-0.2, -0.15) is 12.6 Å². The minimum Gasteiger partial charge on any atom is -0.380 e. The topological polar surface area (TPSA) is 9.23 Å². The Morgan fingerprint density at radius 2 is 2.43 bits per heavy atom. The molecule has 0 radical (unpaired) electrons. The Labute approximate surface area is 49.8 Å². The predicted molar refractivity (Wildman–Crippen MR) is 34.9 cm³/mol. The van der Waals surface area contributed by atoms with Crippen LogP contribution in [0.5, 0.6) is 0 Å². The van der Waals surface area contributed by atoms with Gasteiger partial charge in [-0.05, 0) is 5.57 Å². The molecule has 0 aromatic heterocycles. The van der Waals surface area contributed by atoms with E-state index in [1.165, 1.54) is 0 Å². The normalized spacial score (nSPS) is 8.86. The molecular weight excluding hydrogens is 108 g/mol. The summed E-state index contributed by atoms with van der Waals surface area (Å²) in [5.74, 6) is 0.716. The van der Waals surface area contributed by atoms with Crippen LogP contribution < -0.4 is 0 Å². The predicted octanol–water partition coefficient (Wildman–Crippen LogP) is 1.12. The zero-order valence-electron chi connectivity index (χ0n) is 4.48. The molecule has 0 N–H and O–H groups in total. The highest BCUT2D eigenvalue weighted by molar-refractivity contribution is 7.80. The Morgan fingerprint density at radius 3 is 2.57 bits per heavy atom. The molecule has 0 aromatic carbocycles. The molecule has 0 saturated heterocycles. The van der Waals surface area contributed by atoms with E-state index in [4.69, 9.17) is 4.74 Å². The van der Waals surface area contributed by atoms with Crippen LogP contribution in [-0.2, 0) is 4.74 Å². The molecule has 2 heteroatoms. The van der Waals surface area contributed by atoms with Crippen LogP contribution in [0.25, 0.3) is 0 Å². The molecule has 0 atom stereocenters. The molecule has 0 rings (SSSR count). The molecule has 0 heterocycles. The van der Waals surface area contributed by atoms with Crippen LogP contribution in [0.15, 0.2) is 12.2 Å². The molecule has 0 unspecified atom stereocenters. The molecule has 0 bridgehead atoms. The maximum Gasteiger partial charge on any atom is 0.0678 e. The summed E-state index contributed by atoms with van der Waals surface area (Å²) in [7, 11) is 1.65. The van der Waals surface area contributed by atoms with Crippen LogP contribution in [0, 0.1) is 0 Å². The Balaban J connectivity index is 3.00. The Kier molecular flexibility index (Phi) is 4.25. The van der Waals surface area contributed by atoms with E-state index in [0.29, 0.717) is 12.4 Å². The highest BCUT2D eigenvalue weighted by Gasteiger charge is 1.84. The standard InChI is InChI=1S/C5H10OS/c1-5(4-7)3-6-2/h7H,1,3-4H2,2H3. The first-order valence-corrected chi connectivity index (χ1v) is 2.71. The van der Waals surface area contributed by atoms with Crippen molar-refractivity contribution in [3.8, 4) is 0 Å². The fourth-order valence-corrected chi connectivity index (χ4v) is 0.341. The number of ether oxygens (including phenoxy) is 1. The lowest BCUT2D eigenvalue weighted by atomic mass is 10.4.